The molecular weight excluding hydrogens is 453 g/mol. The summed E-state index contributed by atoms with van der Waals surface area (Å²) >= 11 is 0. The highest BCUT2D eigenvalue weighted by Gasteiger charge is 2.45. The summed E-state index contributed by atoms with van der Waals surface area (Å²) in [6.07, 6.45) is 1.81. The summed E-state index contributed by atoms with van der Waals surface area (Å²) in [5, 5.41) is 6.09. The third-order valence-electron chi connectivity index (χ3n) is 7.15. The molecule has 2 N–H and O–H groups in total. The van der Waals surface area contributed by atoms with Gasteiger partial charge in [-0.25, -0.2) is 21.6 Å². The Morgan fingerprint density at radius 1 is 1.00 bits per heavy atom. The number of carbonyl (C=O) groups excluding carboxylic acids is 1. The number of nitrogens with one attached hydrogen (secondary N) is 2. The van der Waals surface area contributed by atoms with E-state index < -0.39 is 21.5 Å². The topological polar surface area (TPSA) is 75.3 Å². The molecule has 2 heterocycles. The number of halogens is 3. The second-order valence-electron chi connectivity index (χ2n) is 9.60. The zero-order valence-corrected chi connectivity index (χ0v) is 18.7. The first-order chi connectivity index (χ1) is 15.7. The minimum atomic E-state index is -2.94. The van der Waals surface area contributed by atoms with Crippen molar-refractivity contribution in [1.82, 2.24) is 5.32 Å². The molecule has 1 amide bonds. The van der Waals surface area contributed by atoms with E-state index in [-0.39, 0.29) is 59.4 Å². The van der Waals surface area contributed by atoms with Gasteiger partial charge in [-0.2, -0.15) is 0 Å². The quantitative estimate of drug-likeness (QED) is 0.660. The zero-order valence-electron chi connectivity index (χ0n) is 17.9. The van der Waals surface area contributed by atoms with Crippen molar-refractivity contribution in [2.24, 2.45) is 17.8 Å². The molecule has 33 heavy (non-hydrogen) atoms. The summed E-state index contributed by atoms with van der Waals surface area (Å²) in [6.45, 7) is 0.501. The fourth-order valence-electron chi connectivity index (χ4n) is 5.55. The van der Waals surface area contributed by atoms with Crippen LogP contribution in [0.3, 0.4) is 0 Å². The maximum absolute atomic E-state index is 14.5. The van der Waals surface area contributed by atoms with Gasteiger partial charge in [-0.15, -0.1) is 0 Å². The predicted octanol–water partition coefficient (Wildman–Crippen LogP) is 3.93. The van der Waals surface area contributed by atoms with Crippen LogP contribution in [0.2, 0.25) is 0 Å². The van der Waals surface area contributed by atoms with Crippen molar-refractivity contribution < 1.29 is 26.4 Å². The van der Waals surface area contributed by atoms with Crippen LogP contribution < -0.4 is 10.6 Å². The molecule has 5 nitrogen and oxygen atoms in total. The van der Waals surface area contributed by atoms with Gasteiger partial charge < -0.3 is 10.6 Å². The molecule has 2 aliphatic heterocycles. The molecule has 176 valence electrons. The van der Waals surface area contributed by atoms with E-state index >= 15 is 0 Å². The van der Waals surface area contributed by atoms with Gasteiger partial charge in [0.2, 0.25) is 5.91 Å². The lowest BCUT2D eigenvalue weighted by Gasteiger charge is -2.41. The summed E-state index contributed by atoms with van der Waals surface area (Å²) in [4.78, 5) is 12.1. The maximum atomic E-state index is 14.5. The molecule has 2 fully saturated rings. The number of anilines is 1. The molecule has 0 bridgehead atoms. The summed E-state index contributed by atoms with van der Waals surface area (Å²) in [5.74, 6) is -1.44. The van der Waals surface area contributed by atoms with Crippen LogP contribution in [0.25, 0.3) is 0 Å². The van der Waals surface area contributed by atoms with Crippen LogP contribution in [0.15, 0.2) is 36.4 Å². The Balaban J connectivity index is 1.24. The molecule has 2 aromatic rings. The molecule has 2 atom stereocenters. The van der Waals surface area contributed by atoms with Crippen LogP contribution in [0.1, 0.15) is 42.3 Å². The van der Waals surface area contributed by atoms with Crippen molar-refractivity contribution in [3.05, 3.63) is 65.0 Å². The summed E-state index contributed by atoms with van der Waals surface area (Å²) < 4.78 is 64.4. The van der Waals surface area contributed by atoms with Gasteiger partial charge in [0.1, 0.15) is 17.5 Å². The number of amides is 1. The lowest BCUT2D eigenvalue weighted by Crippen LogP contribution is -2.42. The molecule has 0 aromatic heterocycles. The van der Waals surface area contributed by atoms with E-state index in [1.165, 1.54) is 18.2 Å². The van der Waals surface area contributed by atoms with Crippen molar-refractivity contribution in [1.29, 1.82) is 0 Å². The average Bonchev–Trinajstić information content (AvgIpc) is 3.05. The van der Waals surface area contributed by atoms with Crippen molar-refractivity contribution in [2.45, 2.75) is 31.2 Å². The van der Waals surface area contributed by atoms with Gasteiger partial charge in [-0.1, -0.05) is 12.1 Å². The third-order valence-corrected chi connectivity index (χ3v) is 9.11. The lowest BCUT2D eigenvalue weighted by atomic mass is 9.64. The van der Waals surface area contributed by atoms with Gasteiger partial charge >= 0.3 is 0 Å². The lowest BCUT2D eigenvalue weighted by molar-refractivity contribution is -0.122. The number of fused-ring (bicyclic) bond motifs is 1. The molecule has 1 aliphatic carbocycles. The second kappa shape index (κ2) is 8.34. The van der Waals surface area contributed by atoms with Crippen molar-refractivity contribution in [3.63, 3.8) is 0 Å². The van der Waals surface area contributed by atoms with Gasteiger partial charge in [-0.05, 0) is 59.9 Å². The average molecular weight is 479 g/mol. The van der Waals surface area contributed by atoms with E-state index in [1.54, 1.807) is 12.1 Å². The summed E-state index contributed by atoms with van der Waals surface area (Å²) in [7, 11) is -2.94. The molecular formula is C24H25F3N2O3S. The normalized spacial score (nSPS) is 27.7. The predicted molar refractivity (Wildman–Crippen MR) is 118 cm³/mol. The Bertz CT molecular complexity index is 1170. The summed E-state index contributed by atoms with van der Waals surface area (Å²) in [5.41, 5.74) is 1.70. The molecule has 5 rings (SSSR count). The van der Waals surface area contributed by atoms with Crippen LogP contribution in [0.4, 0.5) is 18.9 Å². The fourth-order valence-corrected chi connectivity index (χ4v) is 7.12. The largest absolute Gasteiger partial charge is 0.375 e. The van der Waals surface area contributed by atoms with Crippen molar-refractivity contribution in [2.75, 3.05) is 23.4 Å². The monoisotopic (exact) mass is 478 g/mol. The highest BCUT2D eigenvalue weighted by molar-refractivity contribution is 7.92. The van der Waals surface area contributed by atoms with Crippen LogP contribution in [0, 0.1) is 35.2 Å². The Morgan fingerprint density at radius 3 is 2.36 bits per heavy atom. The minimum absolute atomic E-state index is 0.0813. The van der Waals surface area contributed by atoms with E-state index in [9.17, 15) is 26.4 Å². The van der Waals surface area contributed by atoms with E-state index in [1.807, 2.05) is 0 Å². The maximum Gasteiger partial charge on any atom is 0.220 e. The number of carbonyl (C=O) groups is 1. The molecule has 2 unspecified atom stereocenters. The summed E-state index contributed by atoms with van der Waals surface area (Å²) in [6, 6.07) is 8.00. The standard InChI is InChI=1S/C24H25F3N2O3S/c25-17-3-1-15(2-4-17)23-22(19-8-18(26)9-20(27)24(19)29-23)16-5-13(6-16)10-28-21(30)7-14-11-33(31,32)12-14/h1-4,8-9,13-14,16,22-23,29H,5-7,10-12H2,(H,28,30). The van der Waals surface area contributed by atoms with Crippen molar-refractivity contribution in [3.8, 4) is 0 Å². The smallest absolute Gasteiger partial charge is 0.220 e. The van der Waals surface area contributed by atoms with Gasteiger partial charge in [0.05, 0.1) is 23.2 Å². The molecule has 1 saturated heterocycles. The second-order valence-corrected chi connectivity index (χ2v) is 11.8. The molecule has 0 spiro atoms. The number of hydrogen-bond donors (Lipinski definition) is 2. The van der Waals surface area contributed by atoms with E-state index in [0.717, 1.165) is 24.5 Å². The van der Waals surface area contributed by atoms with Crippen LogP contribution in [-0.2, 0) is 14.6 Å². The Labute approximate surface area is 190 Å². The molecule has 9 heteroatoms. The first-order valence-electron chi connectivity index (χ1n) is 11.2. The SMILES string of the molecule is O=C(CC1CS(=O)(=O)C1)NCC1CC(C2c3cc(F)cc(F)c3NC2c2ccc(F)cc2)C1. The van der Waals surface area contributed by atoms with Crippen molar-refractivity contribution >= 4 is 21.4 Å². The van der Waals surface area contributed by atoms with Crippen LogP contribution in [-0.4, -0.2) is 32.4 Å². The van der Waals surface area contributed by atoms with E-state index in [4.69, 9.17) is 0 Å². The number of benzene rings is 2. The van der Waals surface area contributed by atoms with E-state index in [0.29, 0.717) is 17.8 Å². The Hall–Kier alpha value is -2.55. The first-order valence-corrected chi connectivity index (χ1v) is 13.0. The molecule has 2 aromatic carbocycles. The number of rotatable bonds is 6. The van der Waals surface area contributed by atoms with Gasteiger partial charge in [0, 0.05) is 24.9 Å². The molecule has 3 aliphatic rings. The van der Waals surface area contributed by atoms with Gasteiger partial charge in [0.15, 0.2) is 9.84 Å². The van der Waals surface area contributed by atoms with Crippen LogP contribution >= 0.6 is 0 Å². The molecule has 1 saturated carbocycles. The zero-order chi connectivity index (χ0) is 23.3. The first kappa shape index (κ1) is 22.3. The Kier molecular flexibility index (Phi) is 5.63. The minimum Gasteiger partial charge on any atom is -0.375 e. The third kappa shape index (κ3) is 4.47. The van der Waals surface area contributed by atoms with Gasteiger partial charge in [0.25, 0.3) is 0 Å². The molecule has 0 radical (unpaired) electrons. The fraction of sp³-hybridized carbons (Fsp3) is 0.458. The van der Waals surface area contributed by atoms with E-state index in [2.05, 4.69) is 10.6 Å². The number of sulfone groups is 1. The highest BCUT2D eigenvalue weighted by Crippen LogP contribution is 2.55. The highest BCUT2D eigenvalue weighted by atomic mass is 32.2. The van der Waals surface area contributed by atoms with Crippen LogP contribution in [0.5, 0.6) is 0 Å². The Morgan fingerprint density at radius 2 is 1.70 bits per heavy atom. The number of hydrogen-bond acceptors (Lipinski definition) is 4. The van der Waals surface area contributed by atoms with Gasteiger partial charge in [-0.3, -0.25) is 4.79 Å².